The second-order valence-corrected chi connectivity index (χ2v) is 5.92. The fourth-order valence-corrected chi connectivity index (χ4v) is 2.40. The highest BCUT2D eigenvalue weighted by atomic mass is 19.1. The molecule has 23 heavy (non-hydrogen) atoms. The van der Waals surface area contributed by atoms with E-state index in [0.717, 1.165) is 16.9 Å². The maximum atomic E-state index is 13.2. The Labute approximate surface area is 136 Å². The Bertz CT molecular complexity index is 635. The standard InChI is InChI=1S/C19H22FNO2/c1-13(2)12-18(22)21-19(14-4-8-16(20)9-5-14)15-6-10-17(23-3)11-7-15/h4-11,13,19H,12H2,1-3H3,(H,21,22). The van der Waals surface area contributed by atoms with Gasteiger partial charge in [0.1, 0.15) is 11.6 Å². The van der Waals surface area contributed by atoms with Crippen molar-refractivity contribution in [3.63, 3.8) is 0 Å². The summed E-state index contributed by atoms with van der Waals surface area (Å²) < 4.78 is 18.3. The van der Waals surface area contributed by atoms with Crippen LogP contribution in [-0.2, 0) is 4.79 Å². The van der Waals surface area contributed by atoms with E-state index in [1.807, 2.05) is 38.1 Å². The number of carbonyl (C=O) groups is 1. The zero-order chi connectivity index (χ0) is 16.8. The molecule has 0 fully saturated rings. The lowest BCUT2D eigenvalue weighted by atomic mass is 9.98. The molecule has 0 spiro atoms. The van der Waals surface area contributed by atoms with Gasteiger partial charge in [-0.05, 0) is 41.3 Å². The van der Waals surface area contributed by atoms with Gasteiger partial charge in [-0.25, -0.2) is 4.39 Å². The quantitative estimate of drug-likeness (QED) is 0.872. The summed E-state index contributed by atoms with van der Waals surface area (Å²) in [6, 6.07) is 13.4. The Kier molecular flexibility index (Phi) is 5.74. The summed E-state index contributed by atoms with van der Waals surface area (Å²) in [5.74, 6) is 0.709. The van der Waals surface area contributed by atoms with Crippen molar-refractivity contribution >= 4 is 5.91 Å². The molecule has 0 saturated carbocycles. The summed E-state index contributed by atoms with van der Waals surface area (Å²) >= 11 is 0. The summed E-state index contributed by atoms with van der Waals surface area (Å²) in [4.78, 5) is 12.2. The van der Waals surface area contributed by atoms with Gasteiger partial charge in [-0.15, -0.1) is 0 Å². The third-order valence-electron chi connectivity index (χ3n) is 3.55. The summed E-state index contributed by atoms with van der Waals surface area (Å²) in [7, 11) is 1.61. The number of rotatable bonds is 6. The van der Waals surface area contributed by atoms with E-state index in [4.69, 9.17) is 4.74 Å². The van der Waals surface area contributed by atoms with Gasteiger partial charge in [-0.2, -0.15) is 0 Å². The summed E-state index contributed by atoms with van der Waals surface area (Å²) in [5, 5.41) is 3.04. The molecule has 1 atom stereocenters. The number of halogens is 1. The van der Waals surface area contributed by atoms with E-state index >= 15 is 0 Å². The molecule has 122 valence electrons. The number of hydrogen-bond donors (Lipinski definition) is 1. The van der Waals surface area contributed by atoms with Crippen LogP contribution in [0.4, 0.5) is 4.39 Å². The highest BCUT2D eigenvalue weighted by Gasteiger charge is 2.17. The predicted octanol–water partition coefficient (Wildman–Crippen LogP) is 4.09. The number of carbonyl (C=O) groups excluding carboxylic acids is 1. The van der Waals surface area contributed by atoms with Crippen LogP contribution in [0.2, 0.25) is 0 Å². The summed E-state index contributed by atoms with van der Waals surface area (Å²) in [6.07, 6.45) is 0.452. The average molecular weight is 315 g/mol. The second-order valence-electron chi connectivity index (χ2n) is 5.92. The Morgan fingerprint density at radius 2 is 1.57 bits per heavy atom. The molecule has 1 N–H and O–H groups in total. The molecule has 0 aliphatic rings. The van der Waals surface area contributed by atoms with Gasteiger partial charge in [0, 0.05) is 6.42 Å². The smallest absolute Gasteiger partial charge is 0.221 e. The van der Waals surface area contributed by atoms with Gasteiger partial charge in [0.25, 0.3) is 0 Å². The van der Waals surface area contributed by atoms with E-state index < -0.39 is 0 Å². The lowest BCUT2D eigenvalue weighted by Gasteiger charge is -2.21. The summed E-state index contributed by atoms with van der Waals surface area (Å²) in [6.45, 7) is 4.00. The summed E-state index contributed by atoms with van der Waals surface area (Å²) in [5.41, 5.74) is 1.77. The third-order valence-corrected chi connectivity index (χ3v) is 3.55. The molecule has 2 rings (SSSR count). The molecule has 1 amide bonds. The first-order valence-corrected chi connectivity index (χ1v) is 7.68. The van der Waals surface area contributed by atoms with Gasteiger partial charge in [0.05, 0.1) is 13.2 Å². The molecular weight excluding hydrogens is 293 g/mol. The third kappa shape index (κ3) is 4.81. The molecular formula is C19H22FNO2. The lowest BCUT2D eigenvalue weighted by Crippen LogP contribution is -2.30. The number of ether oxygens (including phenoxy) is 1. The predicted molar refractivity (Wildman–Crippen MR) is 88.8 cm³/mol. The molecule has 0 radical (unpaired) electrons. The fraction of sp³-hybridized carbons (Fsp3) is 0.316. The van der Waals surface area contributed by atoms with Crippen molar-refractivity contribution in [2.75, 3.05) is 7.11 Å². The molecule has 4 heteroatoms. The molecule has 0 aliphatic carbocycles. The molecule has 2 aromatic carbocycles. The van der Waals surface area contributed by atoms with Crippen LogP contribution in [-0.4, -0.2) is 13.0 Å². The van der Waals surface area contributed by atoms with Gasteiger partial charge < -0.3 is 10.1 Å². The van der Waals surface area contributed by atoms with Gasteiger partial charge in [-0.1, -0.05) is 38.1 Å². The highest BCUT2D eigenvalue weighted by Crippen LogP contribution is 2.25. The van der Waals surface area contributed by atoms with E-state index in [1.165, 1.54) is 12.1 Å². The topological polar surface area (TPSA) is 38.3 Å². The van der Waals surface area contributed by atoms with E-state index in [2.05, 4.69) is 5.32 Å². The van der Waals surface area contributed by atoms with E-state index in [0.29, 0.717) is 6.42 Å². The zero-order valence-corrected chi connectivity index (χ0v) is 13.7. The highest BCUT2D eigenvalue weighted by molar-refractivity contribution is 5.77. The molecule has 0 aromatic heterocycles. The van der Waals surface area contributed by atoms with Crippen molar-refractivity contribution in [1.29, 1.82) is 0 Å². The number of methoxy groups -OCH3 is 1. The van der Waals surface area contributed by atoms with Crippen molar-refractivity contribution in [3.8, 4) is 5.75 Å². The minimum Gasteiger partial charge on any atom is -0.497 e. The van der Waals surface area contributed by atoms with Crippen molar-refractivity contribution in [2.45, 2.75) is 26.3 Å². The van der Waals surface area contributed by atoms with Crippen LogP contribution >= 0.6 is 0 Å². The van der Waals surface area contributed by atoms with E-state index in [-0.39, 0.29) is 23.7 Å². The SMILES string of the molecule is COc1ccc(C(NC(=O)CC(C)C)c2ccc(F)cc2)cc1. The van der Waals surface area contributed by atoms with E-state index in [1.54, 1.807) is 19.2 Å². The first-order chi connectivity index (χ1) is 11.0. The van der Waals surface area contributed by atoms with Crippen LogP contribution in [0, 0.1) is 11.7 Å². The van der Waals surface area contributed by atoms with Gasteiger partial charge >= 0.3 is 0 Å². The van der Waals surface area contributed by atoms with Gasteiger partial charge in [0.15, 0.2) is 0 Å². The maximum Gasteiger partial charge on any atom is 0.221 e. The number of amides is 1. The maximum absolute atomic E-state index is 13.2. The Morgan fingerprint density at radius 3 is 2.04 bits per heavy atom. The van der Waals surface area contributed by atoms with Crippen LogP contribution in [0.15, 0.2) is 48.5 Å². The number of hydrogen-bond acceptors (Lipinski definition) is 2. The Hall–Kier alpha value is -2.36. The van der Waals surface area contributed by atoms with Crippen LogP contribution in [0.1, 0.15) is 37.4 Å². The number of benzene rings is 2. The van der Waals surface area contributed by atoms with Gasteiger partial charge in [0.2, 0.25) is 5.91 Å². The molecule has 0 heterocycles. The fourth-order valence-electron chi connectivity index (χ4n) is 2.40. The molecule has 0 bridgehead atoms. The molecule has 0 saturated heterocycles. The minimum atomic E-state index is -0.312. The van der Waals surface area contributed by atoms with Crippen molar-refractivity contribution in [1.82, 2.24) is 5.32 Å². The van der Waals surface area contributed by atoms with Crippen LogP contribution in [0.3, 0.4) is 0 Å². The first kappa shape index (κ1) is 17.0. The van der Waals surface area contributed by atoms with Crippen LogP contribution < -0.4 is 10.1 Å². The van der Waals surface area contributed by atoms with E-state index in [9.17, 15) is 9.18 Å². The molecule has 3 nitrogen and oxygen atoms in total. The Balaban J connectivity index is 2.29. The van der Waals surface area contributed by atoms with Gasteiger partial charge in [-0.3, -0.25) is 4.79 Å². The lowest BCUT2D eigenvalue weighted by molar-refractivity contribution is -0.122. The molecule has 2 aromatic rings. The molecule has 0 aliphatic heterocycles. The van der Waals surface area contributed by atoms with Crippen molar-refractivity contribution in [2.24, 2.45) is 5.92 Å². The Morgan fingerprint density at radius 1 is 1.04 bits per heavy atom. The van der Waals surface area contributed by atoms with Crippen molar-refractivity contribution < 1.29 is 13.9 Å². The average Bonchev–Trinajstić information content (AvgIpc) is 2.53. The van der Waals surface area contributed by atoms with Crippen molar-refractivity contribution in [3.05, 3.63) is 65.5 Å². The first-order valence-electron chi connectivity index (χ1n) is 7.68. The monoisotopic (exact) mass is 315 g/mol. The molecule has 1 unspecified atom stereocenters. The largest absolute Gasteiger partial charge is 0.497 e. The van der Waals surface area contributed by atoms with Crippen LogP contribution in [0.5, 0.6) is 5.75 Å². The minimum absolute atomic E-state index is 0.0230. The van der Waals surface area contributed by atoms with Crippen LogP contribution in [0.25, 0.3) is 0 Å². The second kappa shape index (κ2) is 7.77. The number of nitrogens with one attached hydrogen (secondary N) is 1. The zero-order valence-electron chi connectivity index (χ0n) is 13.7. The normalized spacial score (nSPS) is 12.0.